The standard InChI is InChI=1S/C18H29N3/c1-4-19-11-16-7-8-18(20-13(16)2)21(3)12-17-10-14-5-6-15(17)9-14/h7-8,14-15,17,19H,4-6,9-12H2,1-3H3. The van der Waals surface area contributed by atoms with Crippen LogP contribution in [0.4, 0.5) is 5.82 Å². The summed E-state index contributed by atoms with van der Waals surface area (Å²) in [5, 5.41) is 3.38. The highest BCUT2D eigenvalue weighted by atomic mass is 15.2. The predicted molar refractivity (Wildman–Crippen MR) is 88.6 cm³/mol. The van der Waals surface area contributed by atoms with Crippen LogP contribution in [0.3, 0.4) is 0 Å². The number of fused-ring (bicyclic) bond motifs is 2. The first-order valence-electron chi connectivity index (χ1n) is 8.55. The molecule has 3 unspecified atom stereocenters. The first-order valence-corrected chi connectivity index (χ1v) is 8.55. The first kappa shape index (κ1) is 14.8. The van der Waals surface area contributed by atoms with Gasteiger partial charge in [-0.25, -0.2) is 4.98 Å². The predicted octanol–water partition coefficient (Wildman–Crippen LogP) is 3.37. The molecule has 3 atom stereocenters. The van der Waals surface area contributed by atoms with Gasteiger partial charge in [-0.05, 0) is 62.1 Å². The largest absolute Gasteiger partial charge is 0.359 e. The van der Waals surface area contributed by atoms with E-state index in [-0.39, 0.29) is 0 Å². The lowest BCUT2D eigenvalue weighted by Crippen LogP contribution is -2.29. The van der Waals surface area contributed by atoms with Gasteiger partial charge in [0.2, 0.25) is 0 Å². The smallest absolute Gasteiger partial charge is 0.128 e. The summed E-state index contributed by atoms with van der Waals surface area (Å²) in [6.07, 6.45) is 5.90. The van der Waals surface area contributed by atoms with E-state index in [1.165, 1.54) is 37.8 Å². The van der Waals surface area contributed by atoms with E-state index in [4.69, 9.17) is 4.98 Å². The molecule has 0 radical (unpaired) electrons. The van der Waals surface area contributed by atoms with Crippen molar-refractivity contribution < 1.29 is 0 Å². The fourth-order valence-electron chi connectivity index (χ4n) is 4.28. The van der Waals surface area contributed by atoms with E-state index >= 15 is 0 Å². The van der Waals surface area contributed by atoms with Crippen molar-refractivity contribution >= 4 is 5.82 Å². The summed E-state index contributed by atoms with van der Waals surface area (Å²) in [7, 11) is 2.21. The summed E-state index contributed by atoms with van der Waals surface area (Å²) < 4.78 is 0. The lowest BCUT2D eigenvalue weighted by Gasteiger charge is -2.28. The molecule has 0 amide bonds. The summed E-state index contributed by atoms with van der Waals surface area (Å²) in [6.45, 7) is 7.37. The summed E-state index contributed by atoms with van der Waals surface area (Å²) in [5.41, 5.74) is 2.47. The molecule has 1 aromatic heterocycles. The van der Waals surface area contributed by atoms with Gasteiger partial charge in [-0.3, -0.25) is 0 Å². The topological polar surface area (TPSA) is 28.2 Å². The van der Waals surface area contributed by atoms with Crippen LogP contribution in [0.1, 0.15) is 43.9 Å². The Balaban J connectivity index is 1.62. The Hall–Kier alpha value is -1.09. The van der Waals surface area contributed by atoms with E-state index in [2.05, 4.69) is 43.2 Å². The number of nitrogens with zero attached hydrogens (tertiary/aromatic N) is 2. The molecule has 0 aromatic carbocycles. The van der Waals surface area contributed by atoms with Gasteiger partial charge in [-0.2, -0.15) is 0 Å². The third-order valence-corrected chi connectivity index (χ3v) is 5.53. The van der Waals surface area contributed by atoms with E-state index in [1.807, 2.05) is 0 Å². The van der Waals surface area contributed by atoms with Gasteiger partial charge >= 0.3 is 0 Å². The quantitative estimate of drug-likeness (QED) is 0.869. The maximum absolute atomic E-state index is 4.82. The highest BCUT2D eigenvalue weighted by molar-refractivity contribution is 5.41. The zero-order valence-corrected chi connectivity index (χ0v) is 13.7. The van der Waals surface area contributed by atoms with Gasteiger partial charge < -0.3 is 10.2 Å². The van der Waals surface area contributed by atoms with Gasteiger partial charge in [0.05, 0.1) is 0 Å². The molecule has 2 aliphatic rings. The number of hydrogen-bond donors (Lipinski definition) is 1. The van der Waals surface area contributed by atoms with Crippen LogP contribution in [-0.4, -0.2) is 25.1 Å². The number of nitrogens with one attached hydrogen (secondary N) is 1. The van der Waals surface area contributed by atoms with Crippen molar-refractivity contribution in [2.75, 3.05) is 25.0 Å². The molecular formula is C18H29N3. The third-order valence-electron chi connectivity index (χ3n) is 5.53. The van der Waals surface area contributed by atoms with Crippen molar-refractivity contribution in [3.63, 3.8) is 0 Å². The molecule has 2 saturated carbocycles. The summed E-state index contributed by atoms with van der Waals surface area (Å²) in [4.78, 5) is 7.19. The third kappa shape index (κ3) is 3.23. The number of aryl methyl sites for hydroxylation is 1. The molecule has 2 fully saturated rings. The van der Waals surface area contributed by atoms with Crippen molar-refractivity contribution in [3.8, 4) is 0 Å². The monoisotopic (exact) mass is 287 g/mol. The normalized spacial score (nSPS) is 27.3. The first-order chi connectivity index (χ1) is 10.2. The minimum atomic E-state index is 0.900. The van der Waals surface area contributed by atoms with Crippen LogP contribution in [0.5, 0.6) is 0 Å². The second kappa shape index (κ2) is 6.35. The maximum atomic E-state index is 4.82. The van der Waals surface area contributed by atoms with Crippen molar-refractivity contribution in [1.82, 2.24) is 10.3 Å². The van der Waals surface area contributed by atoms with Crippen LogP contribution in [0.25, 0.3) is 0 Å². The fourth-order valence-corrected chi connectivity index (χ4v) is 4.28. The molecule has 21 heavy (non-hydrogen) atoms. The lowest BCUT2D eigenvalue weighted by molar-refractivity contribution is 0.337. The zero-order chi connectivity index (χ0) is 14.8. The molecule has 1 heterocycles. The molecule has 1 aromatic rings. The Morgan fingerprint density at radius 1 is 1.29 bits per heavy atom. The Kier molecular flexibility index (Phi) is 4.48. The highest BCUT2D eigenvalue weighted by Crippen LogP contribution is 2.48. The fraction of sp³-hybridized carbons (Fsp3) is 0.722. The van der Waals surface area contributed by atoms with Crippen molar-refractivity contribution in [2.45, 2.75) is 46.1 Å². The number of hydrogen-bond acceptors (Lipinski definition) is 3. The Morgan fingerprint density at radius 2 is 2.14 bits per heavy atom. The SMILES string of the molecule is CCNCc1ccc(N(C)CC2CC3CCC2C3)nc1C. The van der Waals surface area contributed by atoms with Gasteiger partial charge in [0.1, 0.15) is 5.82 Å². The molecule has 116 valence electrons. The van der Waals surface area contributed by atoms with Gasteiger partial charge in [0.25, 0.3) is 0 Å². The number of anilines is 1. The molecule has 2 aliphatic carbocycles. The van der Waals surface area contributed by atoms with Gasteiger partial charge in [0, 0.05) is 25.8 Å². The molecule has 1 N–H and O–H groups in total. The lowest BCUT2D eigenvalue weighted by atomic mass is 9.88. The molecule has 0 saturated heterocycles. The van der Waals surface area contributed by atoms with Gasteiger partial charge in [0.15, 0.2) is 0 Å². The number of rotatable bonds is 6. The van der Waals surface area contributed by atoms with Crippen LogP contribution in [0.15, 0.2) is 12.1 Å². The van der Waals surface area contributed by atoms with Crippen molar-refractivity contribution in [3.05, 3.63) is 23.4 Å². The molecular weight excluding hydrogens is 258 g/mol. The maximum Gasteiger partial charge on any atom is 0.128 e. The summed E-state index contributed by atoms with van der Waals surface area (Å²) in [5.74, 6) is 4.06. The second-order valence-electron chi connectivity index (χ2n) is 7.01. The Morgan fingerprint density at radius 3 is 2.76 bits per heavy atom. The highest BCUT2D eigenvalue weighted by Gasteiger charge is 2.39. The van der Waals surface area contributed by atoms with E-state index in [0.717, 1.165) is 42.4 Å². The van der Waals surface area contributed by atoms with Gasteiger partial charge in [-0.15, -0.1) is 0 Å². The van der Waals surface area contributed by atoms with Crippen molar-refractivity contribution in [2.24, 2.45) is 17.8 Å². The molecule has 3 rings (SSSR count). The number of aromatic nitrogens is 1. The minimum absolute atomic E-state index is 0.900. The minimum Gasteiger partial charge on any atom is -0.359 e. The number of pyridine rings is 1. The van der Waals surface area contributed by atoms with E-state index < -0.39 is 0 Å². The average Bonchev–Trinajstić information content (AvgIpc) is 3.08. The average molecular weight is 287 g/mol. The van der Waals surface area contributed by atoms with Crippen molar-refractivity contribution in [1.29, 1.82) is 0 Å². The van der Waals surface area contributed by atoms with Crippen LogP contribution in [-0.2, 0) is 6.54 Å². The molecule has 0 spiro atoms. The van der Waals surface area contributed by atoms with Gasteiger partial charge in [-0.1, -0.05) is 19.4 Å². The molecule has 0 aliphatic heterocycles. The molecule has 3 nitrogen and oxygen atoms in total. The van der Waals surface area contributed by atoms with Crippen LogP contribution in [0.2, 0.25) is 0 Å². The Bertz CT molecular complexity index is 485. The van der Waals surface area contributed by atoms with Crippen LogP contribution < -0.4 is 10.2 Å². The summed E-state index contributed by atoms with van der Waals surface area (Å²) >= 11 is 0. The second-order valence-corrected chi connectivity index (χ2v) is 7.01. The molecule has 3 heteroatoms. The summed E-state index contributed by atoms with van der Waals surface area (Å²) in [6, 6.07) is 4.42. The van der Waals surface area contributed by atoms with E-state index in [9.17, 15) is 0 Å². The van der Waals surface area contributed by atoms with Crippen LogP contribution >= 0.6 is 0 Å². The molecule has 2 bridgehead atoms. The Labute approximate surface area is 129 Å². The van der Waals surface area contributed by atoms with E-state index in [0.29, 0.717) is 0 Å². The zero-order valence-electron chi connectivity index (χ0n) is 13.7. The van der Waals surface area contributed by atoms with Crippen LogP contribution in [0, 0.1) is 24.7 Å². The van der Waals surface area contributed by atoms with E-state index in [1.54, 1.807) is 0 Å².